The zero-order chi connectivity index (χ0) is 19.2. The fourth-order valence-electron chi connectivity index (χ4n) is 3.25. The first-order valence-electron chi connectivity index (χ1n) is 9.09. The Bertz CT molecular complexity index is 798. The second-order valence-corrected chi connectivity index (χ2v) is 7.47. The Morgan fingerprint density at radius 1 is 1.39 bits per heavy atom. The molecule has 154 valence electrons. The molecule has 0 spiro atoms. The van der Waals surface area contributed by atoms with Crippen molar-refractivity contribution in [3.8, 4) is 5.75 Å². The summed E-state index contributed by atoms with van der Waals surface area (Å²) in [6.07, 6.45) is 6.02. The Hall–Kier alpha value is -1.19. The molecule has 0 bridgehead atoms. The molecule has 1 aromatic carbocycles. The van der Waals surface area contributed by atoms with Crippen molar-refractivity contribution in [3.63, 3.8) is 0 Å². The van der Waals surface area contributed by atoms with Crippen LogP contribution in [0.3, 0.4) is 0 Å². The molecule has 1 unspecified atom stereocenters. The maximum Gasteiger partial charge on any atom is 0.193 e. The van der Waals surface area contributed by atoms with Crippen LogP contribution in [0, 0.1) is 0 Å². The summed E-state index contributed by atoms with van der Waals surface area (Å²) in [5.41, 5.74) is 1.30. The van der Waals surface area contributed by atoms with Crippen LogP contribution in [0.2, 0.25) is 10.0 Å². The van der Waals surface area contributed by atoms with Crippen LogP contribution in [0.15, 0.2) is 35.6 Å². The van der Waals surface area contributed by atoms with Crippen molar-refractivity contribution in [2.75, 3.05) is 33.3 Å². The van der Waals surface area contributed by atoms with Crippen molar-refractivity contribution >= 4 is 53.1 Å². The van der Waals surface area contributed by atoms with E-state index in [2.05, 4.69) is 26.5 Å². The van der Waals surface area contributed by atoms with E-state index in [-0.39, 0.29) is 24.0 Å². The fourth-order valence-corrected chi connectivity index (χ4v) is 3.72. The van der Waals surface area contributed by atoms with Crippen molar-refractivity contribution in [3.05, 3.63) is 46.2 Å². The Morgan fingerprint density at radius 2 is 2.21 bits per heavy atom. The highest BCUT2D eigenvalue weighted by Gasteiger charge is 2.26. The molecular weight excluding hydrogens is 512 g/mol. The number of ether oxygens (including phenoxy) is 1. The lowest BCUT2D eigenvalue weighted by atomic mass is 10.0. The van der Waals surface area contributed by atoms with E-state index in [1.807, 2.05) is 25.0 Å². The third kappa shape index (κ3) is 6.15. The molecule has 2 heterocycles. The summed E-state index contributed by atoms with van der Waals surface area (Å²) >= 11 is 12.0. The lowest BCUT2D eigenvalue weighted by Crippen LogP contribution is -2.40. The number of benzene rings is 1. The van der Waals surface area contributed by atoms with Gasteiger partial charge in [-0.05, 0) is 36.6 Å². The Balaban J connectivity index is 0.00000280. The number of halogens is 3. The summed E-state index contributed by atoms with van der Waals surface area (Å²) in [5.74, 6) is 2.10. The first-order valence-corrected chi connectivity index (χ1v) is 9.84. The van der Waals surface area contributed by atoms with Gasteiger partial charge in [0.1, 0.15) is 5.75 Å². The average Bonchev–Trinajstić information content (AvgIpc) is 3.29. The summed E-state index contributed by atoms with van der Waals surface area (Å²) in [6.45, 7) is 3.31. The number of hydrogen-bond acceptors (Lipinski definition) is 3. The zero-order valence-electron chi connectivity index (χ0n) is 16.1. The van der Waals surface area contributed by atoms with Gasteiger partial charge < -0.3 is 15.0 Å². The molecule has 28 heavy (non-hydrogen) atoms. The predicted molar refractivity (Wildman–Crippen MR) is 125 cm³/mol. The van der Waals surface area contributed by atoms with E-state index in [0.29, 0.717) is 28.3 Å². The van der Waals surface area contributed by atoms with Gasteiger partial charge in [0.2, 0.25) is 0 Å². The van der Waals surface area contributed by atoms with Gasteiger partial charge >= 0.3 is 0 Å². The molecule has 0 amide bonds. The normalized spacial score (nSPS) is 16.8. The van der Waals surface area contributed by atoms with Gasteiger partial charge in [-0.15, -0.1) is 24.0 Å². The zero-order valence-corrected chi connectivity index (χ0v) is 19.9. The van der Waals surface area contributed by atoms with Crippen LogP contribution in [0.4, 0.5) is 0 Å². The first-order chi connectivity index (χ1) is 13.1. The van der Waals surface area contributed by atoms with Crippen molar-refractivity contribution in [1.82, 2.24) is 20.0 Å². The number of likely N-dealkylation sites (tertiary alicyclic amines) is 1. The Kier molecular flexibility index (Phi) is 9.17. The highest BCUT2D eigenvalue weighted by Crippen LogP contribution is 2.28. The maximum absolute atomic E-state index is 6.11. The van der Waals surface area contributed by atoms with E-state index < -0.39 is 0 Å². The van der Waals surface area contributed by atoms with Crippen LogP contribution in [0.25, 0.3) is 0 Å². The molecule has 6 nitrogen and oxygen atoms in total. The average molecular weight is 538 g/mol. The number of rotatable bonds is 6. The largest absolute Gasteiger partial charge is 0.492 e. The smallest absolute Gasteiger partial charge is 0.193 e. The summed E-state index contributed by atoms with van der Waals surface area (Å²) in [4.78, 5) is 6.72. The number of aryl methyl sites for hydroxylation is 1. The maximum atomic E-state index is 6.11. The fraction of sp³-hybridized carbons (Fsp3) is 0.474. The van der Waals surface area contributed by atoms with Crippen molar-refractivity contribution in [2.45, 2.75) is 18.8 Å². The molecule has 1 N–H and O–H groups in total. The van der Waals surface area contributed by atoms with Crippen LogP contribution in [0.1, 0.15) is 24.3 Å². The molecule has 1 saturated heterocycles. The second-order valence-electron chi connectivity index (χ2n) is 6.63. The Labute approximate surface area is 193 Å². The predicted octanol–water partition coefficient (Wildman–Crippen LogP) is 4.18. The van der Waals surface area contributed by atoms with Gasteiger partial charge in [-0.2, -0.15) is 5.10 Å². The number of guanidine groups is 1. The monoisotopic (exact) mass is 537 g/mol. The van der Waals surface area contributed by atoms with E-state index >= 15 is 0 Å². The quantitative estimate of drug-likeness (QED) is 0.260. The number of nitrogens with one attached hydrogen (secondary N) is 1. The van der Waals surface area contributed by atoms with Gasteiger partial charge in [-0.25, -0.2) is 0 Å². The topological polar surface area (TPSA) is 54.7 Å². The SMILES string of the molecule is CN=C(NCCCOc1ccc(Cl)cc1Cl)N1CCC(c2cnn(C)c2)C1.I. The minimum Gasteiger partial charge on any atom is -0.492 e. The van der Waals surface area contributed by atoms with E-state index in [4.69, 9.17) is 27.9 Å². The third-order valence-corrected chi connectivity index (χ3v) is 5.18. The number of aromatic nitrogens is 2. The molecule has 1 aliphatic rings. The molecule has 0 aliphatic carbocycles. The highest BCUT2D eigenvalue weighted by molar-refractivity contribution is 14.0. The van der Waals surface area contributed by atoms with Crippen LogP contribution in [-0.4, -0.2) is 53.9 Å². The number of hydrogen-bond donors (Lipinski definition) is 1. The molecule has 1 aromatic heterocycles. The molecule has 3 rings (SSSR count). The first kappa shape index (κ1) is 23.1. The van der Waals surface area contributed by atoms with Crippen LogP contribution in [-0.2, 0) is 7.05 Å². The molecule has 1 fully saturated rings. The summed E-state index contributed by atoms with van der Waals surface area (Å²) < 4.78 is 7.58. The Morgan fingerprint density at radius 3 is 2.89 bits per heavy atom. The van der Waals surface area contributed by atoms with Crippen molar-refractivity contribution in [1.29, 1.82) is 0 Å². The van der Waals surface area contributed by atoms with Gasteiger partial charge in [-0.3, -0.25) is 9.67 Å². The standard InChI is InChI=1S/C19H25Cl2N5O.HI/c1-22-19(26-8-6-14(13-26)15-11-24-25(2)12-15)23-7-3-9-27-18-5-4-16(20)10-17(18)21;/h4-5,10-12,14H,3,6-9,13H2,1-2H3,(H,22,23);1H. The molecule has 0 saturated carbocycles. The van der Waals surface area contributed by atoms with Crippen molar-refractivity contribution in [2.24, 2.45) is 12.0 Å². The number of aliphatic imine (C=N–C) groups is 1. The van der Waals surface area contributed by atoms with Crippen LogP contribution in [0.5, 0.6) is 5.75 Å². The lowest BCUT2D eigenvalue weighted by Gasteiger charge is -2.21. The summed E-state index contributed by atoms with van der Waals surface area (Å²) in [7, 11) is 3.78. The van der Waals surface area contributed by atoms with E-state index in [0.717, 1.165) is 38.4 Å². The molecular formula is C19H26Cl2IN5O. The lowest BCUT2D eigenvalue weighted by molar-refractivity contribution is 0.310. The summed E-state index contributed by atoms with van der Waals surface area (Å²) in [5, 5.41) is 8.84. The van der Waals surface area contributed by atoms with Crippen molar-refractivity contribution < 1.29 is 4.74 Å². The summed E-state index contributed by atoms with van der Waals surface area (Å²) in [6, 6.07) is 5.25. The van der Waals surface area contributed by atoms with Crippen LogP contribution >= 0.6 is 47.2 Å². The minimum absolute atomic E-state index is 0. The molecule has 9 heteroatoms. The molecule has 1 atom stereocenters. The van der Waals surface area contributed by atoms with Gasteiger partial charge in [0.15, 0.2) is 5.96 Å². The van der Waals surface area contributed by atoms with Crippen LogP contribution < -0.4 is 10.1 Å². The van der Waals surface area contributed by atoms with Gasteiger partial charge in [0.05, 0.1) is 17.8 Å². The van der Waals surface area contributed by atoms with Gasteiger partial charge in [0, 0.05) is 50.9 Å². The van der Waals surface area contributed by atoms with Gasteiger partial charge in [-0.1, -0.05) is 23.2 Å². The van der Waals surface area contributed by atoms with E-state index in [9.17, 15) is 0 Å². The second kappa shape index (κ2) is 11.1. The number of nitrogens with zero attached hydrogens (tertiary/aromatic N) is 4. The third-order valence-electron chi connectivity index (χ3n) is 4.65. The van der Waals surface area contributed by atoms with E-state index in [1.54, 1.807) is 18.2 Å². The highest BCUT2D eigenvalue weighted by atomic mass is 127. The van der Waals surface area contributed by atoms with Gasteiger partial charge in [0.25, 0.3) is 0 Å². The molecule has 2 aromatic rings. The molecule has 0 radical (unpaired) electrons. The minimum atomic E-state index is 0. The van der Waals surface area contributed by atoms with E-state index in [1.165, 1.54) is 5.56 Å². The molecule has 1 aliphatic heterocycles.